The molecule has 0 unspecified atom stereocenters. The number of carbonyl (C=O) groups is 2. The number of carbonyl (C=O) groups excluding carboxylic acids is 1. The monoisotopic (exact) mass is 374 g/mol. The fourth-order valence-corrected chi connectivity index (χ4v) is 4.50. The molecule has 0 amide bonds. The molecule has 146 valence electrons. The first-order valence-electron chi connectivity index (χ1n) is 9.40. The second kappa shape index (κ2) is 7.62. The van der Waals surface area contributed by atoms with Crippen LogP contribution in [0.25, 0.3) is 0 Å². The summed E-state index contributed by atoms with van der Waals surface area (Å²) in [6.45, 7) is 3.90. The van der Waals surface area contributed by atoms with Gasteiger partial charge in [0.25, 0.3) is 0 Å². The molecule has 0 spiro atoms. The number of allylic oxidation sites excluding steroid dienone is 2. The number of aliphatic carboxylic acids is 1. The van der Waals surface area contributed by atoms with Crippen molar-refractivity contribution in [2.75, 3.05) is 7.11 Å². The van der Waals surface area contributed by atoms with Crippen LogP contribution in [0.3, 0.4) is 0 Å². The Hall–Kier alpha value is -2.50. The van der Waals surface area contributed by atoms with Gasteiger partial charge in [-0.25, -0.2) is 4.79 Å². The quantitative estimate of drug-likeness (QED) is 0.582. The van der Waals surface area contributed by atoms with Crippen molar-refractivity contribution in [1.29, 1.82) is 0 Å². The predicted octanol–water partition coefficient (Wildman–Crippen LogP) is 3.76. The van der Waals surface area contributed by atoms with E-state index in [1.54, 1.807) is 7.11 Å². The average Bonchev–Trinajstić information content (AvgIpc) is 3.24. The van der Waals surface area contributed by atoms with Gasteiger partial charge < -0.3 is 19.7 Å². The molecule has 3 rings (SSSR count). The van der Waals surface area contributed by atoms with Gasteiger partial charge in [0, 0.05) is 11.1 Å². The number of carboxylic acid groups (broad SMARTS) is 1. The Kier molecular flexibility index (Phi) is 5.44. The van der Waals surface area contributed by atoms with Crippen LogP contribution in [0, 0.1) is 18.8 Å². The number of methoxy groups -OCH3 is 1. The summed E-state index contributed by atoms with van der Waals surface area (Å²) < 4.78 is 10.6. The highest BCUT2D eigenvalue weighted by atomic mass is 16.5. The highest BCUT2D eigenvalue weighted by Crippen LogP contribution is 2.43. The van der Waals surface area contributed by atoms with Crippen molar-refractivity contribution in [2.45, 2.75) is 52.6 Å². The molecule has 2 atom stereocenters. The number of fused-ring (bicyclic) bond motifs is 1. The Morgan fingerprint density at radius 1 is 1.44 bits per heavy atom. The number of esters is 1. The molecule has 1 heterocycles. The van der Waals surface area contributed by atoms with Crippen molar-refractivity contribution in [2.24, 2.45) is 11.8 Å². The van der Waals surface area contributed by atoms with Gasteiger partial charge >= 0.3 is 11.9 Å². The van der Waals surface area contributed by atoms with Crippen molar-refractivity contribution in [3.05, 3.63) is 33.9 Å². The molecule has 1 aliphatic carbocycles. The van der Waals surface area contributed by atoms with Gasteiger partial charge in [-0.05, 0) is 50.5 Å². The third kappa shape index (κ3) is 3.29. The molecule has 6 heteroatoms. The molecule has 0 bridgehead atoms. The fraction of sp³-hybridized carbons (Fsp3) is 0.524. The van der Waals surface area contributed by atoms with Crippen LogP contribution < -0.4 is 4.74 Å². The van der Waals surface area contributed by atoms with E-state index in [1.165, 1.54) is 0 Å². The minimum absolute atomic E-state index is 0.0288. The highest BCUT2D eigenvalue weighted by molar-refractivity contribution is 5.98. The first-order valence-corrected chi connectivity index (χ1v) is 9.40. The van der Waals surface area contributed by atoms with Crippen molar-refractivity contribution in [1.82, 2.24) is 0 Å². The molecule has 0 radical (unpaired) electrons. The van der Waals surface area contributed by atoms with E-state index in [1.807, 2.05) is 19.9 Å². The van der Waals surface area contributed by atoms with E-state index in [9.17, 15) is 19.8 Å². The zero-order valence-electron chi connectivity index (χ0n) is 16.0. The first-order chi connectivity index (χ1) is 12.9. The maximum atomic E-state index is 12.0. The van der Waals surface area contributed by atoms with Crippen LogP contribution in [-0.2, 0) is 22.6 Å². The summed E-state index contributed by atoms with van der Waals surface area (Å²) in [7, 11) is 1.54. The van der Waals surface area contributed by atoms with Gasteiger partial charge in [0.1, 0.15) is 23.7 Å². The molecule has 6 nitrogen and oxygen atoms in total. The second-order valence-corrected chi connectivity index (χ2v) is 7.25. The minimum Gasteiger partial charge on any atom is -0.507 e. The summed E-state index contributed by atoms with van der Waals surface area (Å²) in [6, 6.07) is 0. The first kappa shape index (κ1) is 19.3. The Balaban J connectivity index is 1.97. The maximum absolute atomic E-state index is 12.0. The zero-order chi connectivity index (χ0) is 19.7. The van der Waals surface area contributed by atoms with Crippen LogP contribution in [0.1, 0.15) is 59.7 Å². The molecule has 1 fully saturated rings. The molecule has 0 aromatic heterocycles. The van der Waals surface area contributed by atoms with E-state index >= 15 is 0 Å². The number of cyclic esters (lactones) is 1. The van der Waals surface area contributed by atoms with Crippen LogP contribution in [0.4, 0.5) is 0 Å². The van der Waals surface area contributed by atoms with Crippen LogP contribution in [0.15, 0.2) is 11.6 Å². The molecular weight excluding hydrogens is 348 g/mol. The number of phenols is 1. The van der Waals surface area contributed by atoms with Crippen LogP contribution in [-0.4, -0.2) is 29.3 Å². The minimum atomic E-state index is -0.758. The number of benzene rings is 1. The van der Waals surface area contributed by atoms with E-state index < -0.39 is 11.9 Å². The number of rotatable bonds is 6. The van der Waals surface area contributed by atoms with E-state index in [2.05, 4.69) is 0 Å². The number of hydrogen-bond donors (Lipinski definition) is 2. The average molecular weight is 374 g/mol. The van der Waals surface area contributed by atoms with Crippen molar-refractivity contribution < 1.29 is 29.3 Å². The lowest BCUT2D eigenvalue weighted by Gasteiger charge is -2.20. The second-order valence-electron chi connectivity index (χ2n) is 7.25. The molecule has 1 aromatic carbocycles. The summed E-state index contributed by atoms with van der Waals surface area (Å²) in [5, 5.41) is 20.2. The zero-order valence-corrected chi connectivity index (χ0v) is 16.0. The molecule has 2 N–H and O–H groups in total. The number of ether oxygens (including phenoxy) is 2. The standard InChI is InChI=1S/C21H26O6/c1-4-13(20(23)24)14-7-5-6-12(14)8-9-15-18(22)17-16(10-27-21(17)25)11(2)19(15)26-3/h8,13-14,22H,4-7,9-10H2,1-3H3,(H,23,24)/t13-,14+/m0/s1. The van der Waals surface area contributed by atoms with Gasteiger partial charge in [0.15, 0.2) is 0 Å². The third-order valence-corrected chi connectivity index (χ3v) is 5.92. The largest absolute Gasteiger partial charge is 0.507 e. The Morgan fingerprint density at radius 2 is 2.19 bits per heavy atom. The highest BCUT2D eigenvalue weighted by Gasteiger charge is 2.34. The van der Waals surface area contributed by atoms with E-state index in [0.717, 1.165) is 30.4 Å². The number of carboxylic acids is 1. The van der Waals surface area contributed by atoms with E-state index in [4.69, 9.17) is 9.47 Å². The predicted molar refractivity (Wildman–Crippen MR) is 99.1 cm³/mol. The van der Waals surface area contributed by atoms with Gasteiger partial charge in [0.2, 0.25) is 0 Å². The van der Waals surface area contributed by atoms with Gasteiger partial charge in [-0.2, -0.15) is 0 Å². The summed E-state index contributed by atoms with van der Waals surface area (Å²) >= 11 is 0. The Labute approximate surface area is 158 Å². The van der Waals surface area contributed by atoms with E-state index in [-0.39, 0.29) is 29.8 Å². The molecule has 0 saturated heterocycles. The molecule has 1 aromatic rings. The van der Waals surface area contributed by atoms with Crippen molar-refractivity contribution >= 4 is 11.9 Å². The molecule has 1 saturated carbocycles. The SMILES string of the molecule is CC[C@H](C(=O)O)[C@@H]1CCCC1=CCc1c(O)c2c(c(C)c1OC)COC2=O. The van der Waals surface area contributed by atoms with Gasteiger partial charge in [-0.15, -0.1) is 0 Å². The van der Waals surface area contributed by atoms with Gasteiger partial charge in [0.05, 0.1) is 13.0 Å². The normalized spacial score (nSPS) is 21.2. The van der Waals surface area contributed by atoms with Gasteiger partial charge in [-0.1, -0.05) is 18.6 Å². The number of aromatic hydroxyl groups is 1. The molecular formula is C21H26O6. The summed E-state index contributed by atoms with van der Waals surface area (Å²) in [6.07, 6.45) is 5.69. The lowest BCUT2D eigenvalue weighted by Crippen LogP contribution is -2.22. The fourth-order valence-electron chi connectivity index (χ4n) is 4.50. The molecule has 2 aliphatic rings. The number of hydrogen-bond acceptors (Lipinski definition) is 5. The Morgan fingerprint density at radius 3 is 2.81 bits per heavy atom. The number of phenolic OH excluding ortho intramolecular Hbond substituents is 1. The summed E-state index contributed by atoms with van der Waals surface area (Å²) in [5.41, 5.74) is 3.35. The lowest BCUT2D eigenvalue weighted by atomic mass is 9.85. The smallest absolute Gasteiger partial charge is 0.342 e. The van der Waals surface area contributed by atoms with Crippen LogP contribution in [0.5, 0.6) is 11.5 Å². The van der Waals surface area contributed by atoms with Crippen LogP contribution in [0.2, 0.25) is 0 Å². The maximum Gasteiger partial charge on any atom is 0.342 e. The summed E-state index contributed by atoms with van der Waals surface area (Å²) in [5.74, 6) is -1.16. The van der Waals surface area contributed by atoms with E-state index in [0.29, 0.717) is 29.7 Å². The molecule has 1 aliphatic heterocycles. The molecule has 27 heavy (non-hydrogen) atoms. The topological polar surface area (TPSA) is 93.1 Å². The van der Waals surface area contributed by atoms with Crippen LogP contribution >= 0.6 is 0 Å². The third-order valence-electron chi connectivity index (χ3n) is 5.92. The summed E-state index contributed by atoms with van der Waals surface area (Å²) in [4.78, 5) is 23.6. The Bertz CT molecular complexity index is 808. The van der Waals surface area contributed by atoms with Gasteiger partial charge in [-0.3, -0.25) is 4.79 Å². The van der Waals surface area contributed by atoms with Crippen molar-refractivity contribution in [3.8, 4) is 11.5 Å². The van der Waals surface area contributed by atoms with Crippen molar-refractivity contribution in [3.63, 3.8) is 0 Å². The lowest BCUT2D eigenvalue weighted by molar-refractivity contribution is -0.143.